The molecular formula is C13H14N4O4. The minimum absolute atomic E-state index is 0.0289. The van der Waals surface area contributed by atoms with Crippen LogP contribution in [0.25, 0.3) is 5.69 Å². The number of methoxy groups -OCH3 is 1. The summed E-state index contributed by atoms with van der Waals surface area (Å²) < 4.78 is 5.89. The Kier molecular flexibility index (Phi) is 4.62. The molecule has 8 heteroatoms. The maximum absolute atomic E-state index is 11.9. The van der Waals surface area contributed by atoms with E-state index in [9.17, 15) is 9.59 Å². The van der Waals surface area contributed by atoms with Gasteiger partial charge < -0.3 is 15.2 Å². The number of hydrogen-bond donors (Lipinski definition) is 2. The van der Waals surface area contributed by atoms with E-state index in [4.69, 9.17) is 5.11 Å². The lowest BCUT2D eigenvalue weighted by Crippen LogP contribution is -2.44. The van der Waals surface area contributed by atoms with Gasteiger partial charge in [0.25, 0.3) is 5.91 Å². The zero-order valence-corrected chi connectivity index (χ0v) is 11.3. The Morgan fingerprint density at radius 2 is 2.10 bits per heavy atom. The summed E-state index contributed by atoms with van der Waals surface area (Å²) in [5.74, 6) is -1.36. The predicted octanol–water partition coefficient (Wildman–Crippen LogP) is -0.469. The highest BCUT2D eigenvalue weighted by atomic mass is 16.5. The van der Waals surface area contributed by atoms with E-state index >= 15 is 0 Å². The zero-order chi connectivity index (χ0) is 15.2. The molecule has 1 atom stereocenters. The van der Waals surface area contributed by atoms with Crippen molar-refractivity contribution >= 4 is 11.9 Å². The highest BCUT2D eigenvalue weighted by Crippen LogP contribution is 2.05. The van der Waals surface area contributed by atoms with Gasteiger partial charge in [0.1, 0.15) is 0 Å². The molecule has 2 rings (SSSR count). The number of aromatic nitrogens is 3. The third-order valence-corrected chi connectivity index (χ3v) is 2.72. The first kappa shape index (κ1) is 14.7. The van der Waals surface area contributed by atoms with Gasteiger partial charge in [-0.2, -0.15) is 0 Å². The van der Waals surface area contributed by atoms with Crippen LogP contribution in [-0.2, 0) is 9.53 Å². The Bertz CT molecular complexity index is 626. The number of carbonyl (C=O) groups excluding carboxylic acids is 2. The van der Waals surface area contributed by atoms with Gasteiger partial charge in [-0.1, -0.05) is 23.4 Å². The summed E-state index contributed by atoms with van der Waals surface area (Å²) in [5.41, 5.74) is 0.775. The Balaban J connectivity index is 2.11. The van der Waals surface area contributed by atoms with Gasteiger partial charge in [0.2, 0.25) is 0 Å². The van der Waals surface area contributed by atoms with E-state index in [0.717, 1.165) is 5.69 Å². The first-order valence-corrected chi connectivity index (χ1v) is 6.13. The summed E-state index contributed by atoms with van der Waals surface area (Å²) in [4.78, 5) is 23.2. The average molecular weight is 290 g/mol. The smallest absolute Gasteiger partial charge is 0.330 e. The van der Waals surface area contributed by atoms with E-state index in [1.165, 1.54) is 18.0 Å². The maximum Gasteiger partial charge on any atom is 0.330 e. The molecule has 1 aromatic heterocycles. The molecular weight excluding hydrogens is 276 g/mol. The van der Waals surface area contributed by atoms with Crippen molar-refractivity contribution in [2.75, 3.05) is 13.7 Å². The number of rotatable bonds is 5. The first-order chi connectivity index (χ1) is 10.2. The highest BCUT2D eigenvalue weighted by Gasteiger charge is 2.22. The number of hydrogen-bond acceptors (Lipinski definition) is 6. The molecule has 0 aliphatic heterocycles. The van der Waals surface area contributed by atoms with Gasteiger partial charge in [-0.3, -0.25) is 4.79 Å². The van der Waals surface area contributed by atoms with Crippen LogP contribution in [0.5, 0.6) is 0 Å². The number of para-hydroxylation sites is 1. The lowest BCUT2D eigenvalue weighted by atomic mass is 10.3. The minimum atomic E-state index is -1.13. The van der Waals surface area contributed by atoms with Gasteiger partial charge in [0.05, 0.1) is 25.6 Å². The van der Waals surface area contributed by atoms with Crippen molar-refractivity contribution in [3.05, 3.63) is 42.2 Å². The van der Waals surface area contributed by atoms with Gasteiger partial charge in [-0.15, -0.1) is 5.10 Å². The van der Waals surface area contributed by atoms with Gasteiger partial charge in [0, 0.05) is 0 Å². The quantitative estimate of drug-likeness (QED) is 0.721. The fourth-order valence-electron chi connectivity index (χ4n) is 1.63. The van der Waals surface area contributed by atoms with E-state index < -0.39 is 24.5 Å². The number of ether oxygens (including phenoxy) is 1. The summed E-state index contributed by atoms with van der Waals surface area (Å²) in [6, 6.07) is 7.99. The van der Waals surface area contributed by atoms with Crippen LogP contribution in [0.15, 0.2) is 36.5 Å². The van der Waals surface area contributed by atoms with Crippen LogP contribution in [0.1, 0.15) is 10.5 Å². The van der Waals surface area contributed by atoms with Crippen molar-refractivity contribution < 1.29 is 19.4 Å². The fraction of sp³-hybridized carbons (Fsp3) is 0.231. The molecule has 1 unspecified atom stereocenters. The first-order valence-electron chi connectivity index (χ1n) is 6.13. The molecule has 21 heavy (non-hydrogen) atoms. The molecule has 2 N–H and O–H groups in total. The number of carbonyl (C=O) groups is 2. The molecule has 0 aliphatic rings. The molecule has 2 aromatic rings. The number of esters is 1. The van der Waals surface area contributed by atoms with E-state index in [-0.39, 0.29) is 5.69 Å². The van der Waals surface area contributed by atoms with Gasteiger partial charge in [0.15, 0.2) is 11.7 Å². The third kappa shape index (κ3) is 3.42. The number of nitrogens with zero attached hydrogens (tertiary/aromatic N) is 3. The molecule has 0 radical (unpaired) electrons. The van der Waals surface area contributed by atoms with Crippen LogP contribution < -0.4 is 5.32 Å². The van der Waals surface area contributed by atoms with Crippen molar-refractivity contribution in [2.45, 2.75) is 6.04 Å². The van der Waals surface area contributed by atoms with Crippen molar-refractivity contribution in [3.63, 3.8) is 0 Å². The van der Waals surface area contributed by atoms with E-state index in [1.807, 2.05) is 18.2 Å². The molecule has 0 spiro atoms. The zero-order valence-electron chi connectivity index (χ0n) is 11.3. The number of benzene rings is 1. The Morgan fingerprint density at radius 3 is 2.71 bits per heavy atom. The van der Waals surface area contributed by atoms with Crippen molar-refractivity contribution in [3.8, 4) is 5.69 Å². The fourth-order valence-corrected chi connectivity index (χ4v) is 1.63. The molecule has 0 bridgehead atoms. The van der Waals surface area contributed by atoms with E-state index in [2.05, 4.69) is 20.4 Å². The minimum Gasteiger partial charge on any atom is -0.467 e. The molecule has 110 valence electrons. The lowest BCUT2D eigenvalue weighted by molar-refractivity contribution is -0.143. The second-order valence-electron chi connectivity index (χ2n) is 4.12. The lowest BCUT2D eigenvalue weighted by Gasteiger charge is -2.12. The van der Waals surface area contributed by atoms with Gasteiger partial charge in [-0.05, 0) is 12.1 Å². The number of aliphatic hydroxyl groups excluding tert-OH is 1. The third-order valence-electron chi connectivity index (χ3n) is 2.72. The standard InChI is InChI=1S/C13H14N4O4/c1-21-13(20)11(8-18)14-12(19)10-7-17(16-15-10)9-5-3-2-4-6-9/h2-7,11,18H,8H2,1H3,(H,14,19). The number of nitrogens with one attached hydrogen (secondary N) is 1. The maximum atomic E-state index is 11.9. The van der Waals surface area contributed by atoms with Gasteiger partial charge >= 0.3 is 5.97 Å². The summed E-state index contributed by atoms with van der Waals surface area (Å²) >= 11 is 0. The molecule has 1 amide bonds. The van der Waals surface area contributed by atoms with Crippen molar-refractivity contribution in [2.24, 2.45) is 0 Å². The van der Waals surface area contributed by atoms with Crippen LogP contribution in [0.3, 0.4) is 0 Å². The Labute approximate surface area is 120 Å². The monoisotopic (exact) mass is 290 g/mol. The van der Waals surface area contributed by atoms with E-state index in [1.54, 1.807) is 12.1 Å². The van der Waals surface area contributed by atoms with Crippen LogP contribution in [0.4, 0.5) is 0 Å². The Morgan fingerprint density at radius 1 is 1.38 bits per heavy atom. The van der Waals surface area contributed by atoms with Crippen LogP contribution in [0.2, 0.25) is 0 Å². The molecule has 0 saturated carbocycles. The van der Waals surface area contributed by atoms with E-state index in [0.29, 0.717) is 0 Å². The Hall–Kier alpha value is -2.74. The summed E-state index contributed by atoms with van der Waals surface area (Å²) in [7, 11) is 1.17. The second kappa shape index (κ2) is 6.62. The number of amides is 1. The van der Waals surface area contributed by atoms with Crippen LogP contribution in [0, 0.1) is 0 Å². The van der Waals surface area contributed by atoms with Crippen LogP contribution in [-0.4, -0.2) is 51.7 Å². The molecule has 0 saturated heterocycles. The molecule has 8 nitrogen and oxygen atoms in total. The summed E-state index contributed by atoms with van der Waals surface area (Å²) in [6.07, 6.45) is 1.43. The summed E-state index contributed by atoms with van der Waals surface area (Å²) in [5, 5.41) is 18.9. The molecule has 0 fully saturated rings. The molecule has 0 aliphatic carbocycles. The number of aliphatic hydroxyl groups is 1. The molecule has 1 heterocycles. The van der Waals surface area contributed by atoms with Crippen molar-refractivity contribution in [1.29, 1.82) is 0 Å². The molecule has 1 aromatic carbocycles. The van der Waals surface area contributed by atoms with Crippen LogP contribution >= 0.6 is 0 Å². The predicted molar refractivity (Wildman–Crippen MR) is 71.7 cm³/mol. The SMILES string of the molecule is COC(=O)C(CO)NC(=O)c1cn(-c2ccccc2)nn1. The normalized spacial score (nSPS) is 11.7. The van der Waals surface area contributed by atoms with Gasteiger partial charge in [-0.25, -0.2) is 9.48 Å². The second-order valence-corrected chi connectivity index (χ2v) is 4.12. The largest absolute Gasteiger partial charge is 0.467 e. The topological polar surface area (TPSA) is 106 Å². The van der Waals surface area contributed by atoms with Crippen molar-refractivity contribution in [1.82, 2.24) is 20.3 Å². The summed E-state index contributed by atoms with van der Waals surface area (Å²) in [6.45, 7) is -0.564. The highest BCUT2D eigenvalue weighted by molar-refractivity contribution is 5.95. The average Bonchev–Trinajstić information content (AvgIpc) is 3.02.